The molecule has 144 valence electrons. The van der Waals surface area contributed by atoms with E-state index in [1.807, 2.05) is 49.4 Å². The number of ether oxygens (including phenoxy) is 2. The zero-order valence-electron chi connectivity index (χ0n) is 15.7. The first kappa shape index (κ1) is 22.1. The Morgan fingerprint density at radius 3 is 1.96 bits per heavy atom. The summed E-state index contributed by atoms with van der Waals surface area (Å²) in [7, 11) is 3.28. The number of halogens is 1. The molecule has 2 rings (SSSR count). The second kappa shape index (κ2) is 10.9. The monoisotopic (exact) mass is 390 g/mol. The van der Waals surface area contributed by atoms with Gasteiger partial charge >= 0.3 is 6.16 Å². The van der Waals surface area contributed by atoms with Gasteiger partial charge in [-0.3, -0.25) is 0 Å². The van der Waals surface area contributed by atoms with E-state index in [-0.39, 0.29) is 0 Å². The van der Waals surface area contributed by atoms with Crippen LogP contribution >= 0.6 is 11.6 Å². The SMILES string of the molecule is CC=C(C=C(C)c1ccc(Cl)cc1)c1ccc(OC)c(OC)c1.O=C(O)O. The lowest BCUT2D eigenvalue weighted by Crippen LogP contribution is -1.92. The summed E-state index contributed by atoms with van der Waals surface area (Å²) in [5, 5.41) is 14.7. The molecule has 0 aliphatic rings. The van der Waals surface area contributed by atoms with Crippen LogP contribution in [-0.2, 0) is 0 Å². The van der Waals surface area contributed by atoms with E-state index in [0.717, 1.165) is 33.2 Å². The number of benzene rings is 2. The predicted molar refractivity (Wildman–Crippen MR) is 109 cm³/mol. The first-order valence-corrected chi connectivity index (χ1v) is 8.45. The Morgan fingerprint density at radius 1 is 0.963 bits per heavy atom. The first-order valence-electron chi connectivity index (χ1n) is 8.07. The fraction of sp³-hybridized carbons (Fsp3) is 0.190. The lowest BCUT2D eigenvalue weighted by Gasteiger charge is -2.11. The molecule has 0 radical (unpaired) electrons. The van der Waals surface area contributed by atoms with Crippen molar-refractivity contribution in [2.24, 2.45) is 0 Å². The molecule has 0 spiro atoms. The Labute approximate surface area is 164 Å². The number of methoxy groups -OCH3 is 2. The highest BCUT2D eigenvalue weighted by Gasteiger charge is 2.07. The van der Waals surface area contributed by atoms with Crippen molar-refractivity contribution in [3.8, 4) is 11.5 Å². The molecule has 0 heterocycles. The molecule has 0 bridgehead atoms. The third-order valence-corrected chi connectivity index (χ3v) is 3.95. The number of allylic oxidation sites excluding steroid dienone is 4. The number of rotatable bonds is 5. The molecule has 0 atom stereocenters. The number of hydrogen-bond acceptors (Lipinski definition) is 3. The minimum absolute atomic E-state index is 0.724. The summed E-state index contributed by atoms with van der Waals surface area (Å²) >= 11 is 5.95. The molecule has 2 N–H and O–H groups in total. The number of carboxylic acid groups (broad SMARTS) is 2. The molecule has 0 saturated carbocycles. The van der Waals surface area contributed by atoms with Gasteiger partial charge < -0.3 is 19.7 Å². The summed E-state index contributed by atoms with van der Waals surface area (Å²) in [4.78, 5) is 8.56. The molecular formula is C21H23ClO5. The average Bonchev–Trinajstić information content (AvgIpc) is 2.65. The summed E-state index contributed by atoms with van der Waals surface area (Å²) in [5.74, 6) is 1.45. The molecule has 0 amide bonds. The number of hydrogen-bond donors (Lipinski definition) is 2. The van der Waals surface area contributed by atoms with E-state index in [2.05, 4.69) is 19.1 Å². The van der Waals surface area contributed by atoms with Crippen LogP contribution in [0.2, 0.25) is 5.02 Å². The normalized spacial score (nSPS) is 11.3. The second-order valence-corrected chi connectivity index (χ2v) is 5.87. The van der Waals surface area contributed by atoms with Gasteiger partial charge in [0, 0.05) is 5.02 Å². The van der Waals surface area contributed by atoms with Gasteiger partial charge in [-0.1, -0.05) is 42.0 Å². The topological polar surface area (TPSA) is 76.0 Å². The molecule has 0 aliphatic carbocycles. The van der Waals surface area contributed by atoms with Gasteiger partial charge in [0.25, 0.3) is 0 Å². The van der Waals surface area contributed by atoms with Crippen molar-refractivity contribution in [1.29, 1.82) is 0 Å². The van der Waals surface area contributed by atoms with Gasteiger partial charge in [-0.05, 0) is 60.4 Å². The van der Waals surface area contributed by atoms with E-state index in [1.54, 1.807) is 14.2 Å². The maximum absolute atomic E-state index is 8.56. The van der Waals surface area contributed by atoms with E-state index in [1.165, 1.54) is 5.57 Å². The van der Waals surface area contributed by atoms with Crippen molar-refractivity contribution in [3.63, 3.8) is 0 Å². The molecule has 0 aliphatic heterocycles. The molecule has 0 fully saturated rings. The van der Waals surface area contributed by atoms with Crippen molar-refractivity contribution in [1.82, 2.24) is 0 Å². The van der Waals surface area contributed by atoms with Crippen molar-refractivity contribution in [2.45, 2.75) is 13.8 Å². The third kappa shape index (κ3) is 7.07. The molecule has 2 aromatic rings. The largest absolute Gasteiger partial charge is 0.503 e. The minimum Gasteiger partial charge on any atom is -0.493 e. The average molecular weight is 391 g/mol. The van der Waals surface area contributed by atoms with Crippen molar-refractivity contribution >= 4 is 28.9 Å². The quantitative estimate of drug-likeness (QED) is 0.604. The van der Waals surface area contributed by atoms with Gasteiger partial charge in [0.2, 0.25) is 0 Å². The Bertz CT molecular complexity index is 819. The van der Waals surface area contributed by atoms with Crippen molar-refractivity contribution in [3.05, 3.63) is 70.8 Å². The van der Waals surface area contributed by atoms with Crippen LogP contribution in [0.5, 0.6) is 11.5 Å². The molecule has 0 saturated heterocycles. The zero-order chi connectivity index (χ0) is 20.4. The fourth-order valence-corrected chi connectivity index (χ4v) is 2.50. The smallest absolute Gasteiger partial charge is 0.493 e. The fourth-order valence-electron chi connectivity index (χ4n) is 2.38. The van der Waals surface area contributed by atoms with Crippen LogP contribution in [0, 0.1) is 0 Å². The van der Waals surface area contributed by atoms with Crippen LogP contribution in [0.4, 0.5) is 4.79 Å². The zero-order valence-corrected chi connectivity index (χ0v) is 16.4. The van der Waals surface area contributed by atoms with Crippen LogP contribution in [0.15, 0.2) is 54.6 Å². The van der Waals surface area contributed by atoms with E-state index < -0.39 is 6.16 Å². The summed E-state index contributed by atoms with van der Waals surface area (Å²) in [6, 6.07) is 13.8. The van der Waals surface area contributed by atoms with Crippen LogP contribution in [0.3, 0.4) is 0 Å². The van der Waals surface area contributed by atoms with Gasteiger partial charge in [-0.15, -0.1) is 0 Å². The van der Waals surface area contributed by atoms with Crippen molar-refractivity contribution in [2.75, 3.05) is 14.2 Å². The maximum atomic E-state index is 8.56. The summed E-state index contributed by atoms with van der Waals surface area (Å²) in [6.45, 7) is 4.12. The maximum Gasteiger partial charge on any atom is 0.503 e. The Balaban J connectivity index is 0.000000828. The van der Waals surface area contributed by atoms with E-state index in [0.29, 0.717) is 0 Å². The lowest BCUT2D eigenvalue weighted by atomic mass is 9.99. The lowest BCUT2D eigenvalue weighted by molar-refractivity contribution is 0.137. The third-order valence-electron chi connectivity index (χ3n) is 3.70. The highest BCUT2D eigenvalue weighted by Crippen LogP contribution is 2.32. The van der Waals surface area contributed by atoms with E-state index in [9.17, 15) is 0 Å². The second-order valence-electron chi connectivity index (χ2n) is 5.43. The Hall–Kier alpha value is -2.92. The molecule has 6 heteroatoms. The molecular weight excluding hydrogens is 368 g/mol. The van der Waals surface area contributed by atoms with E-state index in [4.69, 9.17) is 36.1 Å². The van der Waals surface area contributed by atoms with Gasteiger partial charge in [0.05, 0.1) is 14.2 Å². The van der Waals surface area contributed by atoms with Crippen LogP contribution in [0.25, 0.3) is 11.1 Å². The van der Waals surface area contributed by atoms with Crippen LogP contribution < -0.4 is 9.47 Å². The van der Waals surface area contributed by atoms with Crippen LogP contribution in [0.1, 0.15) is 25.0 Å². The predicted octanol–water partition coefficient (Wildman–Crippen LogP) is 6.09. The van der Waals surface area contributed by atoms with Gasteiger partial charge in [-0.25, -0.2) is 4.79 Å². The summed E-state index contributed by atoms with van der Waals surface area (Å²) in [6.07, 6.45) is 2.41. The standard InChI is InChI=1S/C20H21ClO2.CH2O3/c1-5-15(12-14(2)16-6-9-18(21)10-7-16)17-8-11-19(22-3)20(13-17)23-4;2-1(3)4/h5-13H,1-4H3;(H2,2,3,4). The Kier molecular flexibility index (Phi) is 8.96. The van der Waals surface area contributed by atoms with Gasteiger partial charge in [0.15, 0.2) is 11.5 Å². The highest BCUT2D eigenvalue weighted by molar-refractivity contribution is 6.30. The molecule has 27 heavy (non-hydrogen) atoms. The highest BCUT2D eigenvalue weighted by atomic mass is 35.5. The molecule has 5 nitrogen and oxygen atoms in total. The molecule has 2 aromatic carbocycles. The summed E-state index contributed by atoms with van der Waals surface area (Å²) in [5.41, 5.74) is 4.52. The first-order chi connectivity index (χ1) is 12.8. The van der Waals surface area contributed by atoms with Gasteiger partial charge in [0.1, 0.15) is 0 Å². The Morgan fingerprint density at radius 2 is 1.48 bits per heavy atom. The summed E-state index contributed by atoms with van der Waals surface area (Å²) < 4.78 is 10.7. The molecule has 0 aromatic heterocycles. The van der Waals surface area contributed by atoms with Crippen LogP contribution in [-0.4, -0.2) is 30.6 Å². The number of carbonyl (C=O) groups is 1. The van der Waals surface area contributed by atoms with E-state index >= 15 is 0 Å². The van der Waals surface area contributed by atoms with Gasteiger partial charge in [-0.2, -0.15) is 0 Å². The molecule has 0 unspecified atom stereocenters. The van der Waals surface area contributed by atoms with Crippen molar-refractivity contribution < 1.29 is 24.5 Å². The minimum atomic E-state index is -1.83.